The van der Waals surface area contributed by atoms with E-state index in [2.05, 4.69) is 4.90 Å². The Morgan fingerprint density at radius 3 is 2.86 bits per heavy atom. The monoisotopic (exact) mass is 329 g/mol. The number of ether oxygens (including phenoxy) is 1. The number of hydrogen-bond donors (Lipinski definition) is 1. The van der Waals surface area contributed by atoms with Gasteiger partial charge in [-0.1, -0.05) is 23.2 Å². The minimum Gasteiger partial charge on any atom is -0.491 e. The van der Waals surface area contributed by atoms with Gasteiger partial charge in [-0.25, -0.2) is 0 Å². The predicted molar refractivity (Wildman–Crippen MR) is 81.2 cm³/mol. The molecule has 2 fully saturated rings. The maximum absolute atomic E-state index is 11.2. The Hall–Kier alpha value is -0.970. The topological polar surface area (TPSA) is 49.8 Å². The molecule has 2 bridgehead atoms. The number of hydrogen-bond acceptors (Lipinski definition) is 3. The summed E-state index contributed by atoms with van der Waals surface area (Å²) in [6.07, 6.45) is 2.83. The lowest BCUT2D eigenvalue weighted by atomic mass is 9.89. The first-order chi connectivity index (χ1) is 10.1. The molecule has 2 heterocycles. The summed E-state index contributed by atoms with van der Waals surface area (Å²) < 4.78 is 5.69. The number of nitrogens with zero attached hydrogens (tertiary/aromatic N) is 1. The molecular weight excluding hydrogens is 313 g/mol. The fourth-order valence-corrected chi connectivity index (χ4v) is 4.03. The zero-order chi connectivity index (χ0) is 15.0. The maximum atomic E-state index is 11.2. The van der Waals surface area contributed by atoms with E-state index in [9.17, 15) is 9.90 Å². The highest BCUT2D eigenvalue weighted by atomic mass is 35.5. The smallest absolute Gasteiger partial charge is 0.308 e. The fraction of sp³-hybridized carbons (Fsp3) is 0.533. The van der Waals surface area contributed by atoms with Crippen LogP contribution in [0.3, 0.4) is 0 Å². The van der Waals surface area contributed by atoms with Gasteiger partial charge in [0.25, 0.3) is 0 Å². The second-order valence-corrected chi connectivity index (χ2v) is 6.48. The Balaban J connectivity index is 1.55. The Morgan fingerprint density at radius 2 is 2.19 bits per heavy atom. The van der Waals surface area contributed by atoms with Crippen molar-refractivity contribution in [2.24, 2.45) is 5.92 Å². The third kappa shape index (κ3) is 2.98. The second kappa shape index (κ2) is 6.03. The lowest BCUT2D eigenvalue weighted by molar-refractivity contribution is -0.142. The van der Waals surface area contributed by atoms with Crippen molar-refractivity contribution in [3.05, 3.63) is 28.2 Å². The molecule has 0 radical (unpaired) electrons. The van der Waals surface area contributed by atoms with Crippen molar-refractivity contribution < 1.29 is 14.6 Å². The van der Waals surface area contributed by atoms with Crippen LogP contribution in [0.2, 0.25) is 10.0 Å². The predicted octanol–water partition coefficient (Wildman–Crippen LogP) is 3.31. The molecule has 0 saturated carbocycles. The van der Waals surface area contributed by atoms with Crippen LogP contribution in [0.5, 0.6) is 5.75 Å². The van der Waals surface area contributed by atoms with Crippen LogP contribution in [-0.2, 0) is 4.79 Å². The van der Waals surface area contributed by atoms with E-state index in [-0.39, 0.29) is 12.0 Å². The van der Waals surface area contributed by atoms with Crippen LogP contribution in [0.4, 0.5) is 0 Å². The Morgan fingerprint density at radius 1 is 1.38 bits per heavy atom. The second-order valence-electron chi connectivity index (χ2n) is 5.64. The molecule has 1 aromatic rings. The molecule has 0 aromatic heterocycles. The number of rotatable bonds is 5. The van der Waals surface area contributed by atoms with Gasteiger partial charge in [0.15, 0.2) is 0 Å². The molecule has 2 aliphatic heterocycles. The first kappa shape index (κ1) is 14.9. The number of carboxylic acid groups (broad SMARTS) is 1. The summed E-state index contributed by atoms with van der Waals surface area (Å²) in [5.74, 6) is -0.279. The SMILES string of the molecule is O=C(O)C1CC2CCC1N2CCOc1ccc(Cl)cc1Cl. The molecule has 21 heavy (non-hydrogen) atoms. The molecule has 114 valence electrons. The van der Waals surface area contributed by atoms with Gasteiger partial charge in [-0.3, -0.25) is 9.69 Å². The van der Waals surface area contributed by atoms with E-state index < -0.39 is 5.97 Å². The molecule has 1 aromatic carbocycles. The Bertz CT molecular complexity index is 552. The summed E-state index contributed by atoms with van der Waals surface area (Å²) in [6, 6.07) is 5.70. The Labute approximate surface area is 133 Å². The van der Waals surface area contributed by atoms with Crippen LogP contribution in [0.15, 0.2) is 18.2 Å². The van der Waals surface area contributed by atoms with Gasteiger partial charge in [0.2, 0.25) is 0 Å². The standard InChI is InChI=1S/C15H17Cl2NO3/c16-9-1-4-14(12(17)7-9)21-6-5-18-10-2-3-13(18)11(8-10)15(19)20/h1,4,7,10-11,13H,2-3,5-6,8H2,(H,19,20). The highest BCUT2D eigenvalue weighted by Gasteiger charge is 2.48. The number of benzene rings is 1. The minimum atomic E-state index is -0.672. The van der Waals surface area contributed by atoms with Crippen LogP contribution < -0.4 is 4.74 Å². The highest BCUT2D eigenvalue weighted by Crippen LogP contribution is 2.41. The van der Waals surface area contributed by atoms with Gasteiger partial charge in [0.1, 0.15) is 12.4 Å². The average molecular weight is 330 g/mol. The molecule has 2 aliphatic rings. The van der Waals surface area contributed by atoms with E-state index in [0.717, 1.165) is 25.8 Å². The van der Waals surface area contributed by atoms with Crippen LogP contribution in [0.1, 0.15) is 19.3 Å². The fourth-order valence-electron chi connectivity index (χ4n) is 3.57. The number of aliphatic carboxylic acids is 1. The van der Waals surface area contributed by atoms with Crippen molar-refractivity contribution in [2.45, 2.75) is 31.3 Å². The van der Waals surface area contributed by atoms with Crippen LogP contribution in [0.25, 0.3) is 0 Å². The van der Waals surface area contributed by atoms with Crippen molar-refractivity contribution in [3.63, 3.8) is 0 Å². The molecule has 0 amide bonds. The van der Waals surface area contributed by atoms with E-state index in [4.69, 9.17) is 27.9 Å². The number of carbonyl (C=O) groups is 1. The summed E-state index contributed by atoms with van der Waals surface area (Å²) in [5, 5.41) is 10.3. The Kier molecular flexibility index (Phi) is 4.29. The van der Waals surface area contributed by atoms with E-state index in [1.807, 2.05) is 0 Å². The lowest BCUT2D eigenvalue weighted by Crippen LogP contribution is -2.35. The molecule has 3 rings (SSSR count). The van der Waals surface area contributed by atoms with Gasteiger partial charge >= 0.3 is 5.97 Å². The van der Waals surface area contributed by atoms with Crippen molar-refractivity contribution in [1.29, 1.82) is 0 Å². The number of halogens is 2. The molecule has 0 aliphatic carbocycles. The number of carboxylic acids is 1. The summed E-state index contributed by atoms with van der Waals surface area (Å²) in [7, 11) is 0. The third-order valence-corrected chi connectivity index (χ3v) is 5.03. The largest absolute Gasteiger partial charge is 0.491 e. The zero-order valence-corrected chi connectivity index (χ0v) is 13.0. The van der Waals surface area contributed by atoms with E-state index in [1.54, 1.807) is 18.2 Å². The average Bonchev–Trinajstić information content (AvgIpc) is 2.98. The molecule has 0 spiro atoms. The molecule has 6 heteroatoms. The van der Waals surface area contributed by atoms with Gasteiger partial charge in [-0.15, -0.1) is 0 Å². The van der Waals surface area contributed by atoms with Crippen LogP contribution >= 0.6 is 23.2 Å². The number of fused-ring (bicyclic) bond motifs is 2. The molecule has 3 unspecified atom stereocenters. The van der Waals surface area contributed by atoms with Gasteiger partial charge in [-0.05, 0) is 37.5 Å². The third-order valence-electron chi connectivity index (χ3n) is 4.50. The molecular formula is C15H17Cl2NO3. The quantitative estimate of drug-likeness (QED) is 0.900. The molecule has 3 atom stereocenters. The zero-order valence-electron chi connectivity index (χ0n) is 11.5. The van der Waals surface area contributed by atoms with Crippen molar-refractivity contribution in [3.8, 4) is 5.75 Å². The summed E-state index contributed by atoms with van der Waals surface area (Å²) in [6.45, 7) is 1.23. The van der Waals surface area contributed by atoms with E-state index >= 15 is 0 Å². The van der Waals surface area contributed by atoms with Crippen molar-refractivity contribution in [1.82, 2.24) is 4.90 Å². The van der Waals surface area contributed by atoms with Gasteiger partial charge in [-0.2, -0.15) is 0 Å². The molecule has 1 N–H and O–H groups in total. The molecule has 4 nitrogen and oxygen atoms in total. The van der Waals surface area contributed by atoms with E-state index in [0.29, 0.717) is 28.4 Å². The maximum Gasteiger partial charge on any atom is 0.308 e. The van der Waals surface area contributed by atoms with Gasteiger partial charge < -0.3 is 9.84 Å². The van der Waals surface area contributed by atoms with Crippen LogP contribution in [-0.4, -0.2) is 41.2 Å². The van der Waals surface area contributed by atoms with Gasteiger partial charge in [0, 0.05) is 23.7 Å². The first-order valence-corrected chi connectivity index (χ1v) is 7.88. The van der Waals surface area contributed by atoms with Gasteiger partial charge in [0.05, 0.1) is 10.9 Å². The van der Waals surface area contributed by atoms with E-state index in [1.165, 1.54) is 0 Å². The van der Waals surface area contributed by atoms with Crippen LogP contribution in [0, 0.1) is 5.92 Å². The summed E-state index contributed by atoms with van der Waals surface area (Å²) in [4.78, 5) is 13.5. The lowest BCUT2D eigenvalue weighted by Gasteiger charge is -2.22. The normalized spacial score (nSPS) is 28.0. The summed E-state index contributed by atoms with van der Waals surface area (Å²) in [5.41, 5.74) is 0. The minimum absolute atomic E-state index is 0.164. The van der Waals surface area contributed by atoms with Crippen molar-refractivity contribution >= 4 is 29.2 Å². The summed E-state index contributed by atoms with van der Waals surface area (Å²) >= 11 is 11.9. The highest BCUT2D eigenvalue weighted by molar-refractivity contribution is 6.35. The first-order valence-electron chi connectivity index (χ1n) is 7.12. The molecule has 2 saturated heterocycles. The van der Waals surface area contributed by atoms with Crippen molar-refractivity contribution in [2.75, 3.05) is 13.2 Å².